The third-order valence-corrected chi connectivity index (χ3v) is 14.1. The molecule has 1 amide bonds. The van der Waals surface area contributed by atoms with Crippen molar-refractivity contribution >= 4 is 42.5 Å². The number of carboxylic acids is 1. The van der Waals surface area contributed by atoms with Gasteiger partial charge >= 0.3 is 5.97 Å². The molecule has 60 heavy (non-hydrogen) atoms. The van der Waals surface area contributed by atoms with Crippen LogP contribution in [-0.4, -0.2) is 57.9 Å². The van der Waals surface area contributed by atoms with Crippen LogP contribution in [0.3, 0.4) is 0 Å². The lowest BCUT2D eigenvalue weighted by Gasteiger charge is -2.35. The van der Waals surface area contributed by atoms with Crippen LogP contribution >= 0.6 is 11.8 Å². The number of fused-ring (bicyclic) bond motifs is 1. The first-order chi connectivity index (χ1) is 29.0. The second kappa shape index (κ2) is 21.3. The molecule has 2 atom stereocenters. The summed E-state index contributed by atoms with van der Waals surface area (Å²) in [5.41, 5.74) is 6.08. The largest absolute Gasteiger partial charge is 0.480 e. The van der Waals surface area contributed by atoms with Crippen LogP contribution < -0.4 is 5.32 Å². The highest BCUT2D eigenvalue weighted by molar-refractivity contribution is 8.00. The summed E-state index contributed by atoms with van der Waals surface area (Å²) in [5.74, 6) is -0.316. The molecule has 6 rings (SSSR count). The van der Waals surface area contributed by atoms with Gasteiger partial charge in [0.25, 0.3) is 0 Å². The topological polar surface area (TPSA) is 103 Å². The molecule has 1 unspecified atom stereocenters. The fourth-order valence-electron chi connectivity index (χ4n) is 7.70. The summed E-state index contributed by atoms with van der Waals surface area (Å²) in [5, 5.41) is 26.5. The number of pyridine rings is 1. The highest BCUT2D eigenvalue weighted by Gasteiger charge is 2.36. The van der Waals surface area contributed by atoms with Crippen molar-refractivity contribution in [3.05, 3.63) is 197 Å². The molecule has 0 bridgehead atoms. The Kier molecular flexibility index (Phi) is 15.7. The number of hydrogen-bond donors (Lipinski definition) is 3. The van der Waals surface area contributed by atoms with Gasteiger partial charge in [-0.15, -0.1) is 11.8 Å². The summed E-state index contributed by atoms with van der Waals surface area (Å²) < 4.78 is -0.415. The fourth-order valence-corrected chi connectivity index (χ4v) is 10.3. The van der Waals surface area contributed by atoms with E-state index in [4.69, 9.17) is 4.98 Å². The van der Waals surface area contributed by atoms with Gasteiger partial charge in [-0.2, -0.15) is 0 Å². The molecule has 0 aliphatic carbocycles. The van der Waals surface area contributed by atoms with Gasteiger partial charge in [0.15, 0.2) is 0 Å². The van der Waals surface area contributed by atoms with E-state index in [1.807, 2.05) is 77.3 Å². The molecule has 0 fully saturated rings. The number of hydrogen-bond acceptors (Lipinski definition) is 6. The normalized spacial score (nSPS) is 13.1. The van der Waals surface area contributed by atoms with E-state index >= 15 is 0 Å². The van der Waals surface area contributed by atoms with Crippen LogP contribution in [-0.2, 0) is 34.0 Å². The Hall–Kier alpha value is -5.32. The number of nitrogens with one attached hydrogen (secondary N) is 1. The van der Waals surface area contributed by atoms with Gasteiger partial charge < -0.3 is 15.5 Å². The van der Waals surface area contributed by atoms with Crippen molar-refractivity contribution in [1.82, 2.24) is 15.2 Å². The summed E-state index contributed by atoms with van der Waals surface area (Å²) in [7, 11) is -1.50. The molecule has 1 aromatic heterocycles. The van der Waals surface area contributed by atoms with Crippen LogP contribution in [0.25, 0.3) is 10.8 Å². The minimum Gasteiger partial charge on any atom is -0.480 e. The van der Waals surface area contributed by atoms with Gasteiger partial charge in [0.1, 0.15) is 6.04 Å². The van der Waals surface area contributed by atoms with E-state index < -0.39 is 30.9 Å². The van der Waals surface area contributed by atoms with Crippen LogP contribution in [0.4, 0.5) is 0 Å². The maximum Gasteiger partial charge on any atom is 0.320 e. The first-order valence-electron chi connectivity index (χ1n) is 20.8. The van der Waals surface area contributed by atoms with Crippen molar-refractivity contribution < 1.29 is 19.8 Å². The lowest BCUT2D eigenvalue weighted by molar-refractivity contribution is -0.144. The molecule has 0 aliphatic rings. The predicted octanol–water partition coefficient (Wildman–Crippen LogP) is 10.5. The lowest BCUT2D eigenvalue weighted by atomic mass is 9.84. The van der Waals surface area contributed by atoms with Gasteiger partial charge in [-0.1, -0.05) is 177 Å². The molecule has 7 nitrogen and oxygen atoms in total. The van der Waals surface area contributed by atoms with E-state index in [1.54, 1.807) is 6.08 Å². The summed E-state index contributed by atoms with van der Waals surface area (Å²) >= 11 is 1.86. The number of nitrogens with zero attached hydrogens (tertiary/aromatic N) is 2. The number of carboxylic acid groups (broad SMARTS) is 1. The van der Waals surface area contributed by atoms with Crippen molar-refractivity contribution in [2.24, 2.45) is 0 Å². The highest BCUT2D eigenvalue weighted by atomic mass is 32.2. The van der Waals surface area contributed by atoms with E-state index in [9.17, 15) is 19.8 Å². The Balaban J connectivity index is 1.06. The number of carbonyl (C=O) groups excluding carboxylic acids is 1. The fraction of sp³-hybridized carbons (Fsp3) is 0.275. The number of aliphatic hydroxyl groups excluding tert-OH is 1. The first-order valence-corrected chi connectivity index (χ1v) is 25.5. The van der Waals surface area contributed by atoms with Gasteiger partial charge in [-0.05, 0) is 63.8 Å². The molecule has 6 aromatic rings. The van der Waals surface area contributed by atoms with Crippen LogP contribution in [0, 0.1) is 0 Å². The minimum atomic E-state index is -1.50. The van der Waals surface area contributed by atoms with E-state index in [2.05, 4.69) is 122 Å². The minimum absolute atomic E-state index is 0.0679. The summed E-state index contributed by atoms with van der Waals surface area (Å²) in [4.78, 5) is 32.7. The number of carbonyl (C=O) groups is 2. The highest BCUT2D eigenvalue weighted by Crippen LogP contribution is 2.48. The molecule has 310 valence electrons. The van der Waals surface area contributed by atoms with Gasteiger partial charge in [0.2, 0.25) is 5.91 Å². The Morgan fingerprint density at radius 3 is 1.93 bits per heavy atom. The second-order valence-corrected chi connectivity index (χ2v) is 23.4. The first kappa shape index (κ1) is 44.2. The number of aromatic nitrogens is 1. The average Bonchev–Trinajstić information content (AvgIpc) is 3.25. The predicted molar refractivity (Wildman–Crippen MR) is 250 cm³/mol. The van der Waals surface area contributed by atoms with E-state index in [0.717, 1.165) is 33.8 Å². The Labute approximate surface area is 360 Å². The van der Waals surface area contributed by atoms with Gasteiger partial charge in [0.05, 0.1) is 35.2 Å². The summed E-state index contributed by atoms with van der Waals surface area (Å²) in [6.07, 6.45) is 3.95. The van der Waals surface area contributed by atoms with Crippen LogP contribution in [0.1, 0.15) is 52.9 Å². The van der Waals surface area contributed by atoms with Crippen LogP contribution in [0.5, 0.6) is 0 Å². The quantitative estimate of drug-likeness (QED) is 0.0287. The van der Waals surface area contributed by atoms with Crippen molar-refractivity contribution in [3.63, 3.8) is 0 Å². The molecule has 0 saturated carbocycles. The second-order valence-electron chi connectivity index (χ2n) is 16.5. The lowest BCUT2D eigenvalue weighted by Crippen LogP contribution is -2.41. The Morgan fingerprint density at radius 1 is 0.750 bits per heavy atom. The third-order valence-electron chi connectivity index (χ3n) is 10.7. The van der Waals surface area contributed by atoms with Crippen molar-refractivity contribution in [2.45, 2.75) is 81.5 Å². The summed E-state index contributed by atoms with van der Waals surface area (Å²) in [6, 6.07) is 52.0. The molecule has 0 radical (unpaired) electrons. The number of aliphatic hydroxyl groups is 1. The molecule has 0 spiro atoms. The molecular weight excluding hydrogens is 779 g/mol. The Bertz CT molecular complexity index is 2220. The third kappa shape index (κ3) is 12.1. The molecular formula is C51H57N3O4SSi. The number of aliphatic carboxylic acids is 1. The SMILES string of the molecule is C[Si](C)(C)CCC(C(=O)O)N(Cc1cccc(CNC(=O)C[C@H](O)/C=C/CCSC(c2ccccc2)(c2ccccc2)c2ccccc2)n1)Cc1cccc2ccccc12. The number of thioether (sulfide) groups is 1. The maximum atomic E-state index is 13.0. The van der Waals surface area contributed by atoms with Crippen LogP contribution in [0.2, 0.25) is 25.7 Å². The van der Waals surface area contributed by atoms with Crippen LogP contribution in [0.15, 0.2) is 164 Å². The maximum absolute atomic E-state index is 13.0. The molecule has 5 aromatic carbocycles. The molecule has 1 heterocycles. The van der Waals surface area contributed by atoms with E-state index in [1.165, 1.54) is 16.7 Å². The monoisotopic (exact) mass is 835 g/mol. The van der Waals surface area contributed by atoms with E-state index in [-0.39, 0.29) is 18.9 Å². The summed E-state index contributed by atoms with van der Waals surface area (Å²) in [6.45, 7) is 7.81. The van der Waals surface area contributed by atoms with Gasteiger partial charge in [-0.25, -0.2) is 0 Å². The standard InChI is InChI=1S/C51H57N3O4SSi/c1-60(2,3)34-32-48(50(57)58)54(37-40-21-17-20-39-19-13-14-31-47(39)40)38-45-29-18-28-44(53-45)36-52-49(56)35-46(55)30-15-16-33-59-51(41-22-7-4-8-23-41,42-24-9-5-10-25-42)43-26-11-6-12-27-43/h4-15,17-31,46,48,55H,16,32-38H2,1-3H3,(H,52,56)(H,57,58)/b30-15+/t46-,48?/m1/s1. The average molecular weight is 836 g/mol. The van der Waals surface area contributed by atoms with Crippen molar-refractivity contribution in [3.8, 4) is 0 Å². The van der Waals surface area contributed by atoms with E-state index in [0.29, 0.717) is 31.6 Å². The Morgan fingerprint density at radius 2 is 1.32 bits per heavy atom. The van der Waals surface area contributed by atoms with Crippen molar-refractivity contribution in [1.29, 1.82) is 0 Å². The molecule has 9 heteroatoms. The smallest absolute Gasteiger partial charge is 0.320 e. The molecule has 0 saturated heterocycles. The zero-order chi connectivity index (χ0) is 42.4. The number of benzene rings is 5. The molecule has 3 N–H and O–H groups in total. The zero-order valence-corrected chi connectivity index (χ0v) is 36.7. The number of rotatable bonds is 21. The zero-order valence-electron chi connectivity index (χ0n) is 34.9. The van der Waals surface area contributed by atoms with Gasteiger partial charge in [-0.3, -0.25) is 19.5 Å². The number of amides is 1. The van der Waals surface area contributed by atoms with Crippen molar-refractivity contribution in [2.75, 3.05) is 5.75 Å². The molecule has 0 aliphatic heterocycles. The van der Waals surface area contributed by atoms with Gasteiger partial charge in [0, 0.05) is 21.2 Å². The number of allylic oxidation sites excluding steroid dienone is 1.